The molecular weight excluding hydrogens is 226 g/mol. The SMILES string of the molecule is C=C(C)C(=O)OCCCn1[nH]c(=S)nc1C. The number of aromatic nitrogens is 3. The van der Waals surface area contributed by atoms with Gasteiger partial charge in [-0.25, -0.2) is 9.78 Å². The molecule has 6 heteroatoms. The number of hydrogen-bond donors (Lipinski definition) is 1. The molecule has 0 atom stereocenters. The fourth-order valence-corrected chi connectivity index (χ4v) is 1.40. The van der Waals surface area contributed by atoms with Gasteiger partial charge in [0.05, 0.1) is 6.61 Å². The van der Waals surface area contributed by atoms with Gasteiger partial charge in [0.1, 0.15) is 5.82 Å². The summed E-state index contributed by atoms with van der Waals surface area (Å²) < 4.78 is 7.26. The third kappa shape index (κ3) is 3.62. The Bertz CT molecular complexity index is 447. The maximum atomic E-state index is 11.1. The van der Waals surface area contributed by atoms with Crippen LogP contribution in [0.5, 0.6) is 0 Å². The van der Waals surface area contributed by atoms with Crippen LogP contribution in [0.15, 0.2) is 12.2 Å². The summed E-state index contributed by atoms with van der Waals surface area (Å²) >= 11 is 4.89. The Kier molecular flexibility index (Phi) is 4.42. The number of aromatic amines is 1. The maximum absolute atomic E-state index is 11.1. The lowest BCUT2D eigenvalue weighted by molar-refractivity contribution is -0.139. The molecule has 88 valence electrons. The van der Waals surface area contributed by atoms with Crippen molar-refractivity contribution in [1.82, 2.24) is 14.8 Å². The Morgan fingerprint density at radius 2 is 2.38 bits per heavy atom. The molecule has 0 radical (unpaired) electrons. The van der Waals surface area contributed by atoms with Crippen LogP contribution in [0.2, 0.25) is 0 Å². The summed E-state index contributed by atoms with van der Waals surface area (Å²) in [6, 6.07) is 0. The summed E-state index contributed by atoms with van der Waals surface area (Å²) in [4.78, 5) is 15.1. The molecule has 0 bridgehead atoms. The Labute approximate surface area is 99.1 Å². The van der Waals surface area contributed by atoms with Gasteiger partial charge >= 0.3 is 5.97 Å². The summed E-state index contributed by atoms with van der Waals surface area (Å²) in [5.41, 5.74) is 0.415. The van der Waals surface area contributed by atoms with E-state index < -0.39 is 0 Å². The normalized spacial score (nSPS) is 10.1. The fraction of sp³-hybridized carbons (Fsp3) is 0.500. The summed E-state index contributed by atoms with van der Waals surface area (Å²) in [5, 5.41) is 2.92. The van der Waals surface area contributed by atoms with E-state index in [0.717, 1.165) is 5.82 Å². The third-order valence-electron chi connectivity index (χ3n) is 1.99. The molecule has 0 saturated carbocycles. The van der Waals surface area contributed by atoms with Gasteiger partial charge in [-0.2, -0.15) is 0 Å². The van der Waals surface area contributed by atoms with E-state index >= 15 is 0 Å². The third-order valence-corrected chi connectivity index (χ3v) is 2.17. The summed E-state index contributed by atoms with van der Waals surface area (Å²) in [5.74, 6) is 0.478. The Morgan fingerprint density at radius 3 is 2.88 bits per heavy atom. The maximum Gasteiger partial charge on any atom is 0.333 e. The molecule has 0 fully saturated rings. The molecule has 0 saturated heterocycles. The van der Waals surface area contributed by atoms with Crippen LogP contribution in [0, 0.1) is 11.7 Å². The second-order valence-electron chi connectivity index (χ2n) is 3.50. The molecule has 1 rings (SSSR count). The summed E-state index contributed by atoms with van der Waals surface area (Å²) in [7, 11) is 0. The first-order valence-electron chi connectivity index (χ1n) is 4.97. The van der Waals surface area contributed by atoms with Crippen molar-refractivity contribution in [2.75, 3.05) is 6.61 Å². The van der Waals surface area contributed by atoms with Crippen molar-refractivity contribution in [1.29, 1.82) is 0 Å². The highest BCUT2D eigenvalue weighted by atomic mass is 32.1. The fourth-order valence-electron chi connectivity index (χ4n) is 1.16. The molecule has 0 aromatic carbocycles. The van der Waals surface area contributed by atoms with Crippen molar-refractivity contribution in [2.45, 2.75) is 26.8 Å². The van der Waals surface area contributed by atoms with E-state index in [-0.39, 0.29) is 5.97 Å². The predicted molar refractivity (Wildman–Crippen MR) is 62.5 cm³/mol. The van der Waals surface area contributed by atoms with Crippen LogP contribution in [0.4, 0.5) is 0 Å². The lowest BCUT2D eigenvalue weighted by Gasteiger charge is -2.05. The van der Waals surface area contributed by atoms with Gasteiger partial charge in [-0.1, -0.05) is 6.58 Å². The highest BCUT2D eigenvalue weighted by molar-refractivity contribution is 7.71. The molecule has 0 aliphatic carbocycles. The number of H-pyrrole nitrogens is 1. The molecular formula is C10H15N3O2S. The quantitative estimate of drug-likeness (QED) is 0.369. The zero-order valence-electron chi connectivity index (χ0n) is 9.45. The Morgan fingerprint density at radius 1 is 1.69 bits per heavy atom. The molecule has 1 aromatic heterocycles. The highest BCUT2D eigenvalue weighted by Crippen LogP contribution is 1.98. The largest absolute Gasteiger partial charge is 0.462 e. The first kappa shape index (κ1) is 12.6. The van der Waals surface area contributed by atoms with Crippen molar-refractivity contribution in [3.63, 3.8) is 0 Å². The van der Waals surface area contributed by atoms with Gasteiger partial charge < -0.3 is 4.74 Å². The van der Waals surface area contributed by atoms with Gasteiger partial charge in [0.25, 0.3) is 0 Å². The average Bonchev–Trinajstić information content (AvgIpc) is 2.51. The monoisotopic (exact) mass is 241 g/mol. The van der Waals surface area contributed by atoms with Crippen molar-refractivity contribution < 1.29 is 9.53 Å². The van der Waals surface area contributed by atoms with Gasteiger partial charge in [-0.05, 0) is 26.1 Å². The van der Waals surface area contributed by atoms with Crippen LogP contribution in [0.3, 0.4) is 0 Å². The molecule has 1 N–H and O–H groups in total. The van der Waals surface area contributed by atoms with Crippen LogP contribution in [0.25, 0.3) is 0 Å². The van der Waals surface area contributed by atoms with Crippen LogP contribution in [0.1, 0.15) is 19.2 Å². The first-order chi connectivity index (χ1) is 7.50. The number of carbonyl (C=O) groups excluding carboxylic acids is 1. The number of nitrogens with one attached hydrogen (secondary N) is 1. The van der Waals surface area contributed by atoms with Crippen molar-refractivity contribution in [3.8, 4) is 0 Å². The molecule has 0 amide bonds. The summed E-state index contributed by atoms with van der Waals surface area (Å²) in [6.45, 7) is 8.05. The van der Waals surface area contributed by atoms with Gasteiger partial charge in [0, 0.05) is 18.5 Å². The molecule has 1 aromatic rings. The minimum atomic E-state index is -0.352. The second-order valence-corrected chi connectivity index (χ2v) is 3.88. The Balaban J connectivity index is 2.31. The number of aryl methyl sites for hydroxylation is 2. The van der Waals surface area contributed by atoms with Crippen molar-refractivity contribution >= 4 is 18.2 Å². The molecule has 0 unspecified atom stereocenters. The smallest absolute Gasteiger partial charge is 0.333 e. The first-order valence-corrected chi connectivity index (χ1v) is 5.37. The average molecular weight is 241 g/mol. The molecule has 0 spiro atoms. The second kappa shape index (κ2) is 5.60. The minimum Gasteiger partial charge on any atom is -0.462 e. The standard InChI is InChI=1S/C10H15N3O2S/c1-7(2)9(14)15-6-4-5-13-8(3)11-10(16)12-13/h1,4-6H2,2-3H3,(H,12,16). The van der Waals surface area contributed by atoms with E-state index in [1.807, 2.05) is 11.6 Å². The zero-order chi connectivity index (χ0) is 12.1. The number of hydrogen-bond acceptors (Lipinski definition) is 4. The molecule has 16 heavy (non-hydrogen) atoms. The van der Waals surface area contributed by atoms with Gasteiger partial charge in [-0.3, -0.25) is 9.78 Å². The molecule has 1 heterocycles. The van der Waals surface area contributed by atoms with Crippen LogP contribution in [-0.2, 0) is 16.1 Å². The van der Waals surface area contributed by atoms with Gasteiger partial charge in [-0.15, -0.1) is 0 Å². The van der Waals surface area contributed by atoms with E-state index in [0.29, 0.717) is 29.9 Å². The number of nitrogens with zero attached hydrogens (tertiary/aromatic N) is 2. The number of carbonyl (C=O) groups is 1. The lowest BCUT2D eigenvalue weighted by atomic mass is 10.3. The van der Waals surface area contributed by atoms with Crippen molar-refractivity contribution in [3.05, 3.63) is 22.7 Å². The zero-order valence-corrected chi connectivity index (χ0v) is 10.3. The topological polar surface area (TPSA) is 59.9 Å². The van der Waals surface area contributed by atoms with E-state index in [4.69, 9.17) is 17.0 Å². The van der Waals surface area contributed by atoms with E-state index in [9.17, 15) is 4.79 Å². The van der Waals surface area contributed by atoms with E-state index in [1.165, 1.54) is 0 Å². The van der Waals surface area contributed by atoms with Gasteiger partial charge in [0.2, 0.25) is 4.77 Å². The molecule has 0 aliphatic heterocycles. The van der Waals surface area contributed by atoms with Gasteiger partial charge in [0.15, 0.2) is 0 Å². The Hall–Kier alpha value is -1.43. The van der Waals surface area contributed by atoms with E-state index in [2.05, 4.69) is 16.7 Å². The summed E-state index contributed by atoms with van der Waals surface area (Å²) in [6.07, 6.45) is 0.710. The van der Waals surface area contributed by atoms with Crippen molar-refractivity contribution in [2.24, 2.45) is 0 Å². The van der Waals surface area contributed by atoms with E-state index in [1.54, 1.807) is 6.92 Å². The highest BCUT2D eigenvalue weighted by Gasteiger charge is 2.03. The molecule has 5 nitrogen and oxygen atoms in total. The molecule has 0 aliphatic rings. The van der Waals surface area contributed by atoms with Crippen LogP contribution in [-0.4, -0.2) is 27.3 Å². The minimum absolute atomic E-state index is 0.352. The lowest BCUT2D eigenvalue weighted by Crippen LogP contribution is -2.10. The number of esters is 1. The van der Waals surface area contributed by atoms with Crippen LogP contribution < -0.4 is 0 Å². The number of rotatable bonds is 5. The number of ether oxygens (including phenoxy) is 1. The van der Waals surface area contributed by atoms with Crippen LogP contribution >= 0.6 is 12.2 Å². The predicted octanol–water partition coefficient (Wildman–Crippen LogP) is 1.76.